The summed E-state index contributed by atoms with van der Waals surface area (Å²) < 4.78 is 2.39. The van der Waals surface area contributed by atoms with Crippen molar-refractivity contribution in [1.29, 1.82) is 0 Å². The van der Waals surface area contributed by atoms with E-state index in [9.17, 15) is 0 Å². The molecule has 0 amide bonds. The highest BCUT2D eigenvalue weighted by atomic mass is 15.1. The van der Waals surface area contributed by atoms with Crippen LogP contribution in [0.5, 0.6) is 0 Å². The number of nitrogens with zero attached hydrogens (tertiary/aromatic N) is 3. The van der Waals surface area contributed by atoms with Crippen molar-refractivity contribution >= 4 is 55.9 Å². The molecule has 0 bridgehead atoms. The summed E-state index contributed by atoms with van der Waals surface area (Å²) in [7, 11) is 0. The van der Waals surface area contributed by atoms with E-state index < -0.39 is 5.41 Å². The quantitative estimate of drug-likeness (QED) is 0.151. The van der Waals surface area contributed by atoms with Gasteiger partial charge in [-0.1, -0.05) is 176 Å². The maximum absolute atomic E-state index is 2.51. The van der Waals surface area contributed by atoms with Crippen molar-refractivity contribution in [3.8, 4) is 39.1 Å². The van der Waals surface area contributed by atoms with Crippen LogP contribution in [0.2, 0.25) is 0 Å². The van der Waals surface area contributed by atoms with E-state index in [1.54, 1.807) is 0 Å². The van der Waals surface area contributed by atoms with Crippen LogP contribution in [0, 0.1) is 0 Å². The fourth-order valence-electron chi connectivity index (χ4n) is 11.9. The summed E-state index contributed by atoms with van der Waals surface area (Å²) >= 11 is 0. The van der Waals surface area contributed by atoms with Crippen LogP contribution in [-0.4, -0.2) is 4.57 Å². The lowest BCUT2D eigenvalue weighted by molar-refractivity contribution is 0.793. The van der Waals surface area contributed by atoms with E-state index in [1.165, 1.54) is 77.4 Å². The molecule has 1 unspecified atom stereocenters. The molecule has 1 aromatic heterocycles. The van der Waals surface area contributed by atoms with E-state index in [4.69, 9.17) is 0 Å². The molecule has 70 heavy (non-hydrogen) atoms. The molecule has 0 fully saturated rings. The Kier molecular flexibility index (Phi) is 9.11. The number of rotatable bonds is 8. The SMILES string of the molecule is c1ccc(-c2cccc(N(c3ccc4c(c3)C3(c5ccccc5-c5ccc(N(c6ccccc6)c6ccccc6)cc53)c3ccccc3-4)c3ccc4c(c3)c3ccccc3n4-c3ccccc3)c2)cc1. The van der Waals surface area contributed by atoms with Gasteiger partial charge in [0.2, 0.25) is 0 Å². The third-order valence-electron chi connectivity index (χ3n) is 14.7. The van der Waals surface area contributed by atoms with Crippen LogP contribution < -0.4 is 9.80 Å². The predicted octanol–water partition coefficient (Wildman–Crippen LogP) is 17.7. The maximum Gasteiger partial charge on any atom is 0.0727 e. The first-order valence-electron chi connectivity index (χ1n) is 24.2. The molecule has 2 aliphatic carbocycles. The van der Waals surface area contributed by atoms with Crippen molar-refractivity contribution < 1.29 is 0 Å². The Hall–Kier alpha value is -9.18. The van der Waals surface area contributed by atoms with Gasteiger partial charge < -0.3 is 14.4 Å². The fraction of sp³-hybridized carbons (Fsp3) is 0.0149. The second kappa shape index (κ2) is 16.0. The first-order chi connectivity index (χ1) is 34.7. The Balaban J connectivity index is 1.02. The van der Waals surface area contributed by atoms with Crippen molar-refractivity contribution in [2.45, 2.75) is 5.41 Å². The minimum absolute atomic E-state index is 0.590. The third kappa shape index (κ3) is 6.01. The van der Waals surface area contributed by atoms with E-state index in [0.717, 1.165) is 39.8 Å². The number of benzene rings is 11. The second-order valence-corrected chi connectivity index (χ2v) is 18.4. The van der Waals surface area contributed by atoms with Crippen LogP contribution in [0.3, 0.4) is 0 Å². The molecule has 1 heterocycles. The van der Waals surface area contributed by atoms with E-state index in [1.807, 2.05) is 0 Å². The molecule has 3 heteroatoms. The summed E-state index contributed by atoms with van der Waals surface area (Å²) in [5.41, 5.74) is 22.2. The molecule has 1 spiro atoms. The molecule has 12 aromatic rings. The van der Waals surface area contributed by atoms with Gasteiger partial charge in [0, 0.05) is 50.6 Å². The summed E-state index contributed by atoms with van der Waals surface area (Å²) in [6.45, 7) is 0. The molecule has 2 aliphatic rings. The van der Waals surface area contributed by atoms with Crippen LogP contribution in [0.25, 0.3) is 60.9 Å². The fourth-order valence-corrected chi connectivity index (χ4v) is 11.9. The lowest BCUT2D eigenvalue weighted by Crippen LogP contribution is -2.26. The van der Waals surface area contributed by atoms with Crippen molar-refractivity contribution in [2.75, 3.05) is 9.80 Å². The average molecular weight is 892 g/mol. The number of fused-ring (bicyclic) bond motifs is 13. The highest BCUT2D eigenvalue weighted by molar-refractivity contribution is 6.11. The van der Waals surface area contributed by atoms with Gasteiger partial charge in [0.05, 0.1) is 16.4 Å². The summed E-state index contributed by atoms with van der Waals surface area (Å²) in [5.74, 6) is 0. The number of hydrogen-bond acceptors (Lipinski definition) is 2. The van der Waals surface area contributed by atoms with Gasteiger partial charge >= 0.3 is 0 Å². The first kappa shape index (κ1) is 39.9. The largest absolute Gasteiger partial charge is 0.310 e. The predicted molar refractivity (Wildman–Crippen MR) is 292 cm³/mol. The van der Waals surface area contributed by atoms with Crippen molar-refractivity contribution in [2.24, 2.45) is 0 Å². The summed E-state index contributed by atoms with van der Waals surface area (Å²) in [6.07, 6.45) is 0. The highest BCUT2D eigenvalue weighted by Gasteiger charge is 2.52. The zero-order valence-corrected chi connectivity index (χ0v) is 38.3. The Morgan fingerprint density at radius 1 is 0.257 bits per heavy atom. The number of aromatic nitrogens is 1. The number of anilines is 6. The molecule has 0 N–H and O–H groups in total. The minimum atomic E-state index is -0.590. The Labute approximate surface area is 408 Å². The van der Waals surface area contributed by atoms with Crippen LogP contribution in [0.1, 0.15) is 22.3 Å². The van der Waals surface area contributed by atoms with Gasteiger partial charge in [-0.05, 0) is 153 Å². The Bertz CT molecular complexity index is 3900. The topological polar surface area (TPSA) is 11.4 Å². The van der Waals surface area contributed by atoms with Gasteiger partial charge in [0.25, 0.3) is 0 Å². The lowest BCUT2D eigenvalue weighted by Gasteiger charge is -2.33. The molecule has 3 nitrogen and oxygen atoms in total. The second-order valence-electron chi connectivity index (χ2n) is 18.4. The number of hydrogen-bond donors (Lipinski definition) is 0. The monoisotopic (exact) mass is 891 g/mol. The summed E-state index contributed by atoms with van der Waals surface area (Å²) in [4.78, 5) is 4.86. The van der Waals surface area contributed by atoms with Gasteiger partial charge in [0.1, 0.15) is 0 Å². The highest BCUT2D eigenvalue weighted by Crippen LogP contribution is 2.64. The van der Waals surface area contributed by atoms with Gasteiger partial charge in [-0.2, -0.15) is 0 Å². The standard InChI is InChI=1S/C67H45N3/c1-5-20-46(21-6-1)47-22-19-29-51(42-47)69(52-38-41-66-60(43-52)59-32-15-18-35-65(59)70(66)50-27-11-4-12-28-50)54-37-40-58-56-31-14-17-34-62(56)67(64(58)45-54)61-33-16-13-30-55(61)57-39-36-53(44-63(57)67)68(48-23-7-2-8-24-48)49-25-9-3-10-26-49/h1-45H. The van der Waals surface area contributed by atoms with Crippen LogP contribution in [0.4, 0.5) is 34.1 Å². The molecule has 1 atom stereocenters. The molecular formula is C67H45N3. The van der Waals surface area contributed by atoms with E-state index in [-0.39, 0.29) is 0 Å². The number of para-hydroxylation sites is 4. The van der Waals surface area contributed by atoms with Crippen LogP contribution >= 0.6 is 0 Å². The molecule has 0 saturated heterocycles. The van der Waals surface area contributed by atoms with E-state index in [2.05, 4.69) is 287 Å². The van der Waals surface area contributed by atoms with Crippen molar-refractivity contribution in [3.05, 3.63) is 295 Å². The van der Waals surface area contributed by atoms with Crippen molar-refractivity contribution in [3.63, 3.8) is 0 Å². The minimum Gasteiger partial charge on any atom is -0.310 e. The third-order valence-corrected chi connectivity index (χ3v) is 14.7. The molecule has 0 aliphatic heterocycles. The Morgan fingerprint density at radius 2 is 0.686 bits per heavy atom. The molecule has 0 saturated carbocycles. The molecule has 14 rings (SSSR count). The van der Waals surface area contributed by atoms with Gasteiger partial charge in [-0.15, -0.1) is 0 Å². The molecule has 0 radical (unpaired) electrons. The summed E-state index contributed by atoms with van der Waals surface area (Å²) in [5, 5.41) is 2.43. The molecule has 11 aromatic carbocycles. The lowest BCUT2D eigenvalue weighted by atomic mass is 9.70. The molecular weight excluding hydrogens is 847 g/mol. The van der Waals surface area contributed by atoms with Crippen LogP contribution in [-0.2, 0) is 5.41 Å². The normalized spacial score (nSPS) is 14.1. The zero-order chi connectivity index (χ0) is 46.2. The van der Waals surface area contributed by atoms with Crippen LogP contribution in [0.15, 0.2) is 273 Å². The maximum atomic E-state index is 2.51. The van der Waals surface area contributed by atoms with Gasteiger partial charge in [-0.3, -0.25) is 0 Å². The van der Waals surface area contributed by atoms with E-state index >= 15 is 0 Å². The summed E-state index contributed by atoms with van der Waals surface area (Å²) in [6, 6.07) is 100. The zero-order valence-electron chi connectivity index (χ0n) is 38.3. The average Bonchev–Trinajstić information content (AvgIpc) is 4.04. The van der Waals surface area contributed by atoms with Crippen molar-refractivity contribution in [1.82, 2.24) is 4.57 Å². The van der Waals surface area contributed by atoms with E-state index in [0.29, 0.717) is 0 Å². The first-order valence-corrected chi connectivity index (χ1v) is 24.2. The van der Waals surface area contributed by atoms with Gasteiger partial charge in [-0.25, -0.2) is 0 Å². The Morgan fingerprint density at radius 3 is 1.31 bits per heavy atom. The smallest absolute Gasteiger partial charge is 0.0727 e. The van der Waals surface area contributed by atoms with Gasteiger partial charge in [0.15, 0.2) is 0 Å². The molecule has 328 valence electrons.